The zero-order valence-electron chi connectivity index (χ0n) is 12.4. The van der Waals surface area contributed by atoms with E-state index in [-0.39, 0.29) is 17.9 Å². The second-order valence-electron chi connectivity index (χ2n) is 4.92. The lowest BCUT2D eigenvalue weighted by molar-refractivity contribution is 0.0695. The minimum atomic E-state index is -1.10. The van der Waals surface area contributed by atoms with E-state index in [2.05, 4.69) is 9.97 Å². The molecule has 0 spiro atoms. The van der Waals surface area contributed by atoms with Crippen LogP contribution in [0, 0.1) is 0 Å². The summed E-state index contributed by atoms with van der Waals surface area (Å²) >= 11 is 0. The molecular formula is C17H14N2O4. The van der Waals surface area contributed by atoms with E-state index in [9.17, 15) is 9.90 Å². The Labute approximate surface area is 132 Å². The molecule has 0 bridgehead atoms. The van der Waals surface area contributed by atoms with Crippen LogP contribution >= 0.6 is 0 Å². The lowest BCUT2D eigenvalue weighted by Gasteiger charge is -2.13. The van der Waals surface area contributed by atoms with Gasteiger partial charge in [0.05, 0.1) is 19.2 Å². The summed E-state index contributed by atoms with van der Waals surface area (Å²) in [5, 5.41) is 19.1. The van der Waals surface area contributed by atoms with Crippen LogP contribution in [0.5, 0.6) is 5.75 Å². The predicted molar refractivity (Wildman–Crippen MR) is 84.4 cm³/mol. The van der Waals surface area contributed by atoms with Gasteiger partial charge in [0.25, 0.3) is 0 Å². The summed E-state index contributed by atoms with van der Waals surface area (Å²) in [5.74, 6) is -0.912. The topological polar surface area (TPSA) is 92.5 Å². The molecule has 1 aromatic carbocycles. The van der Waals surface area contributed by atoms with E-state index < -0.39 is 5.97 Å². The number of fused-ring (bicyclic) bond motifs is 1. The van der Waals surface area contributed by atoms with Gasteiger partial charge in [-0.2, -0.15) is 0 Å². The van der Waals surface area contributed by atoms with E-state index in [1.165, 1.54) is 13.3 Å². The van der Waals surface area contributed by atoms with Crippen molar-refractivity contribution in [2.75, 3.05) is 7.11 Å². The van der Waals surface area contributed by atoms with Gasteiger partial charge in [-0.3, -0.25) is 4.98 Å². The van der Waals surface area contributed by atoms with Crippen LogP contribution in [0.4, 0.5) is 0 Å². The molecule has 0 radical (unpaired) electrons. The van der Waals surface area contributed by atoms with Crippen molar-refractivity contribution in [3.63, 3.8) is 0 Å². The summed E-state index contributed by atoms with van der Waals surface area (Å²) in [6.07, 6.45) is 3.03. The van der Waals surface area contributed by atoms with Crippen LogP contribution in [0.15, 0.2) is 42.7 Å². The number of hydrogen-bond donors (Lipinski definition) is 2. The highest BCUT2D eigenvalue weighted by Gasteiger charge is 2.22. The Morgan fingerprint density at radius 2 is 1.96 bits per heavy atom. The fourth-order valence-corrected chi connectivity index (χ4v) is 2.46. The fourth-order valence-electron chi connectivity index (χ4n) is 2.46. The maximum absolute atomic E-state index is 11.7. The monoisotopic (exact) mass is 310 g/mol. The van der Waals surface area contributed by atoms with E-state index in [1.54, 1.807) is 36.5 Å². The van der Waals surface area contributed by atoms with Crippen molar-refractivity contribution in [1.82, 2.24) is 9.97 Å². The van der Waals surface area contributed by atoms with Crippen LogP contribution in [0.25, 0.3) is 22.2 Å². The average molecular weight is 310 g/mol. The second-order valence-corrected chi connectivity index (χ2v) is 4.92. The number of aromatic nitrogens is 2. The first kappa shape index (κ1) is 14.9. The third-order valence-electron chi connectivity index (χ3n) is 3.57. The number of nitrogens with zero attached hydrogens (tertiary/aromatic N) is 2. The molecule has 3 rings (SSSR count). The van der Waals surface area contributed by atoms with Crippen molar-refractivity contribution in [2.24, 2.45) is 0 Å². The molecule has 0 aliphatic heterocycles. The molecule has 0 amide bonds. The van der Waals surface area contributed by atoms with Crippen molar-refractivity contribution in [3.05, 3.63) is 53.9 Å². The van der Waals surface area contributed by atoms with Gasteiger partial charge in [-0.15, -0.1) is 0 Å². The third-order valence-corrected chi connectivity index (χ3v) is 3.57. The van der Waals surface area contributed by atoms with E-state index in [4.69, 9.17) is 9.84 Å². The van der Waals surface area contributed by atoms with E-state index >= 15 is 0 Å². The minimum absolute atomic E-state index is 0.0341. The van der Waals surface area contributed by atoms with Crippen molar-refractivity contribution in [2.45, 2.75) is 6.61 Å². The van der Waals surface area contributed by atoms with Gasteiger partial charge < -0.3 is 14.9 Å². The van der Waals surface area contributed by atoms with Gasteiger partial charge in [-0.05, 0) is 11.6 Å². The summed E-state index contributed by atoms with van der Waals surface area (Å²) in [4.78, 5) is 20.2. The first-order valence-corrected chi connectivity index (χ1v) is 6.91. The Balaban J connectivity index is 2.33. The fraction of sp³-hybridized carbons (Fsp3) is 0.118. The number of carboxylic acid groups (broad SMARTS) is 1. The quantitative estimate of drug-likeness (QED) is 0.769. The maximum Gasteiger partial charge on any atom is 0.340 e. The molecule has 6 heteroatoms. The molecule has 2 N–H and O–H groups in total. The first-order valence-electron chi connectivity index (χ1n) is 6.91. The molecule has 0 saturated heterocycles. The van der Waals surface area contributed by atoms with Gasteiger partial charge >= 0.3 is 5.97 Å². The summed E-state index contributed by atoms with van der Waals surface area (Å²) in [6.45, 7) is -0.0609. The SMILES string of the molecule is COc1c(-c2ccc(CO)cc2)nc2ccncc2c1C(=O)O. The Hall–Kier alpha value is -2.99. The molecule has 0 unspecified atom stereocenters. The summed E-state index contributed by atoms with van der Waals surface area (Å²) in [5.41, 5.74) is 2.47. The van der Waals surface area contributed by atoms with Crippen molar-refractivity contribution in [3.8, 4) is 17.0 Å². The van der Waals surface area contributed by atoms with Crippen LogP contribution in [-0.4, -0.2) is 33.3 Å². The highest BCUT2D eigenvalue weighted by molar-refractivity contribution is 6.07. The molecule has 23 heavy (non-hydrogen) atoms. The van der Waals surface area contributed by atoms with Gasteiger partial charge in [-0.25, -0.2) is 9.78 Å². The number of hydrogen-bond acceptors (Lipinski definition) is 5. The minimum Gasteiger partial charge on any atom is -0.494 e. The normalized spacial score (nSPS) is 10.7. The Bertz CT molecular complexity index is 876. The smallest absolute Gasteiger partial charge is 0.340 e. The molecule has 0 saturated carbocycles. The lowest BCUT2D eigenvalue weighted by atomic mass is 10.0. The van der Waals surface area contributed by atoms with Gasteiger partial charge in [0.15, 0.2) is 5.75 Å². The highest BCUT2D eigenvalue weighted by atomic mass is 16.5. The maximum atomic E-state index is 11.7. The van der Waals surface area contributed by atoms with E-state index in [0.717, 1.165) is 5.56 Å². The molecule has 0 atom stereocenters. The van der Waals surface area contributed by atoms with Crippen LogP contribution in [0.2, 0.25) is 0 Å². The van der Waals surface area contributed by atoms with Crippen LogP contribution < -0.4 is 4.74 Å². The molecule has 6 nitrogen and oxygen atoms in total. The number of aliphatic hydroxyl groups excluding tert-OH is 1. The number of carbonyl (C=O) groups is 1. The van der Waals surface area contributed by atoms with Crippen LogP contribution in [0.3, 0.4) is 0 Å². The summed E-state index contributed by atoms with van der Waals surface area (Å²) in [6, 6.07) is 8.72. The molecular weight excluding hydrogens is 296 g/mol. The number of methoxy groups -OCH3 is 1. The largest absolute Gasteiger partial charge is 0.494 e. The number of aliphatic hydroxyl groups is 1. The molecule has 2 aromatic heterocycles. The number of pyridine rings is 2. The van der Waals surface area contributed by atoms with Crippen LogP contribution in [-0.2, 0) is 6.61 Å². The molecule has 3 aromatic rings. The predicted octanol–water partition coefficient (Wildman–Crippen LogP) is 2.50. The van der Waals surface area contributed by atoms with Gasteiger partial charge in [0, 0.05) is 23.3 Å². The standard InChI is InChI=1S/C17H14N2O4/c1-23-16-14(17(21)22)12-8-18-7-6-13(12)19-15(16)11-4-2-10(9-20)3-5-11/h2-8,20H,9H2,1H3,(H,21,22). The summed E-state index contributed by atoms with van der Waals surface area (Å²) in [7, 11) is 1.41. The molecule has 0 fully saturated rings. The number of rotatable bonds is 4. The second kappa shape index (κ2) is 6.02. The number of ether oxygens (including phenoxy) is 1. The molecule has 0 aliphatic carbocycles. The van der Waals surface area contributed by atoms with E-state index in [1.807, 2.05) is 0 Å². The number of carboxylic acids is 1. The molecule has 0 aliphatic rings. The van der Waals surface area contributed by atoms with Crippen molar-refractivity contribution < 1.29 is 19.7 Å². The van der Waals surface area contributed by atoms with Gasteiger partial charge in [-0.1, -0.05) is 24.3 Å². The molecule has 2 heterocycles. The zero-order chi connectivity index (χ0) is 16.4. The lowest BCUT2D eigenvalue weighted by Crippen LogP contribution is -2.05. The Morgan fingerprint density at radius 1 is 1.22 bits per heavy atom. The average Bonchev–Trinajstić information content (AvgIpc) is 2.59. The number of benzene rings is 1. The first-order chi connectivity index (χ1) is 11.2. The van der Waals surface area contributed by atoms with Gasteiger partial charge in [0.2, 0.25) is 0 Å². The Morgan fingerprint density at radius 3 is 2.57 bits per heavy atom. The highest BCUT2D eigenvalue weighted by Crippen LogP contribution is 2.35. The van der Waals surface area contributed by atoms with E-state index in [0.29, 0.717) is 22.2 Å². The summed E-state index contributed by atoms with van der Waals surface area (Å²) < 4.78 is 5.34. The van der Waals surface area contributed by atoms with Crippen molar-refractivity contribution >= 4 is 16.9 Å². The number of aromatic carboxylic acids is 1. The Kier molecular flexibility index (Phi) is 3.91. The molecule has 116 valence electrons. The van der Waals surface area contributed by atoms with Gasteiger partial charge in [0.1, 0.15) is 11.3 Å². The van der Waals surface area contributed by atoms with Crippen molar-refractivity contribution in [1.29, 1.82) is 0 Å². The van der Waals surface area contributed by atoms with Crippen LogP contribution in [0.1, 0.15) is 15.9 Å². The third kappa shape index (κ3) is 2.60. The zero-order valence-corrected chi connectivity index (χ0v) is 12.4.